The van der Waals surface area contributed by atoms with Crippen molar-refractivity contribution in [1.82, 2.24) is 10.3 Å². The van der Waals surface area contributed by atoms with Crippen LogP contribution >= 0.6 is 27.3 Å². The predicted octanol–water partition coefficient (Wildman–Crippen LogP) is 3.75. The van der Waals surface area contributed by atoms with Gasteiger partial charge in [0.1, 0.15) is 5.01 Å². The Morgan fingerprint density at radius 1 is 1.39 bits per heavy atom. The predicted molar refractivity (Wildman–Crippen MR) is 99.5 cm³/mol. The summed E-state index contributed by atoms with van der Waals surface area (Å²) >= 11 is 5.02. The van der Waals surface area contributed by atoms with E-state index in [-0.39, 0.29) is 17.9 Å². The monoisotopic (exact) mass is 395 g/mol. The molecule has 0 unspecified atom stereocenters. The molecule has 2 rings (SSSR count). The van der Waals surface area contributed by atoms with Crippen molar-refractivity contribution >= 4 is 33.2 Å². The van der Waals surface area contributed by atoms with E-state index in [9.17, 15) is 4.79 Å². The van der Waals surface area contributed by atoms with Crippen LogP contribution in [0.2, 0.25) is 0 Å². The smallest absolute Gasteiger partial charge is 0.226 e. The summed E-state index contributed by atoms with van der Waals surface area (Å²) in [5.41, 5.74) is 7.37. The Bertz CT molecular complexity index is 659. The maximum atomic E-state index is 12.3. The second-order valence-corrected chi connectivity index (χ2v) is 7.34. The zero-order valence-electron chi connectivity index (χ0n) is 13.4. The van der Waals surface area contributed by atoms with Gasteiger partial charge in [0.25, 0.3) is 0 Å². The van der Waals surface area contributed by atoms with Crippen LogP contribution in [0.15, 0.2) is 34.1 Å². The van der Waals surface area contributed by atoms with Crippen molar-refractivity contribution in [2.24, 2.45) is 5.73 Å². The Hall–Kier alpha value is -1.24. The SMILES string of the molecule is CCC(CC)(CN)NC(=O)Cc1csc(-c2cccc(Br)c2)n1. The van der Waals surface area contributed by atoms with E-state index < -0.39 is 0 Å². The van der Waals surface area contributed by atoms with Crippen LogP contribution in [0.25, 0.3) is 10.6 Å². The maximum Gasteiger partial charge on any atom is 0.226 e. The summed E-state index contributed by atoms with van der Waals surface area (Å²) in [4.78, 5) is 16.9. The molecule has 0 aliphatic rings. The van der Waals surface area contributed by atoms with E-state index in [2.05, 4.69) is 26.2 Å². The molecule has 0 aliphatic carbocycles. The second-order valence-electron chi connectivity index (χ2n) is 5.57. The Balaban J connectivity index is 2.06. The molecule has 3 N–H and O–H groups in total. The van der Waals surface area contributed by atoms with Crippen LogP contribution in [-0.4, -0.2) is 23.0 Å². The molecule has 6 heteroatoms. The number of nitrogens with two attached hydrogens (primary N) is 1. The average molecular weight is 396 g/mol. The zero-order chi connectivity index (χ0) is 16.9. The molecule has 0 spiro atoms. The number of amides is 1. The minimum Gasteiger partial charge on any atom is -0.349 e. The van der Waals surface area contributed by atoms with Crippen LogP contribution in [0.3, 0.4) is 0 Å². The molecule has 2 aromatic rings. The lowest BCUT2D eigenvalue weighted by molar-refractivity contribution is -0.122. The van der Waals surface area contributed by atoms with Crippen LogP contribution in [0.4, 0.5) is 0 Å². The van der Waals surface area contributed by atoms with Crippen molar-refractivity contribution in [3.63, 3.8) is 0 Å². The van der Waals surface area contributed by atoms with E-state index in [0.29, 0.717) is 6.54 Å². The minimum atomic E-state index is -0.305. The van der Waals surface area contributed by atoms with Gasteiger partial charge in [-0.3, -0.25) is 4.79 Å². The normalized spacial score (nSPS) is 11.5. The van der Waals surface area contributed by atoms with Gasteiger partial charge in [0.05, 0.1) is 17.7 Å². The standard InChI is InChI=1S/C17H22BrN3OS/c1-3-17(4-2,11-19)21-15(22)9-14-10-23-16(20-14)12-6-5-7-13(18)8-12/h5-8,10H,3-4,9,11,19H2,1-2H3,(H,21,22). The van der Waals surface area contributed by atoms with Crippen molar-refractivity contribution in [3.05, 3.63) is 39.8 Å². The van der Waals surface area contributed by atoms with Crippen molar-refractivity contribution in [3.8, 4) is 10.6 Å². The molecule has 1 aromatic carbocycles. The summed E-state index contributed by atoms with van der Waals surface area (Å²) in [7, 11) is 0. The second kappa shape index (κ2) is 8.04. The topological polar surface area (TPSA) is 68.0 Å². The maximum absolute atomic E-state index is 12.3. The highest BCUT2D eigenvalue weighted by molar-refractivity contribution is 9.10. The summed E-state index contributed by atoms with van der Waals surface area (Å²) in [6.07, 6.45) is 1.93. The van der Waals surface area contributed by atoms with E-state index in [1.54, 1.807) is 11.3 Å². The van der Waals surface area contributed by atoms with Gasteiger partial charge in [-0.25, -0.2) is 4.98 Å². The number of carbonyl (C=O) groups excluding carboxylic acids is 1. The molecule has 23 heavy (non-hydrogen) atoms. The summed E-state index contributed by atoms with van der Waals surface area (Å²) in [6.45, 7) is 4.54. The van der Waals surface area contributed by atoms with Crippen LogP contribution in [0, 0.1) is 0 Å². The number of nitrogens with one attached hydrogen (secondary N) is 1. The summed E-state index contributed by atoms with van der Waals surface area (Å²) in [5.74, 6) is -0.0229. The first-order chi connectivity index (χ1) is 11.0. The van der Waals surface area contributed by atoms with Gasteiger partial charge in [0.2, 0.25) is 5.91 Å². The summed E-state index contributed by atoms with van der Waals surface area (Å²) in [6, 6.07) is 8.00. The largest absolute Gasteiger partial charge is 0.349 e. The number of thiazole rings is 1. The number of carbonyl (C=O) groups is 1. The zero-order valence-corrected chi connectivity index (χ0v) is 15.8. The van der Waals surface area contributed by atoms with Crippen molar-refractivity contribution in [2.75, 3.05) is 6.54 Å². The third-order valence-electron chi connectivity index (χ3n) is 4.11. The number of halogens is 1. The molecule has 0 radical (unpaired) electrons. The van der Waals surface area contributed by atoms with Gasteiger partial charge < -0.3 is 11.1 Å². The van der Waals surface area contributed by atoms with E-state index in [1.165, 1.54) is 0 Å². The lowest BCUT2D eigenvalue weighted by Crippen LogP contribution is -2.53. The molecular weight excluding hydrogens is 374 g/mol. The Kier molecular flexibility index (Phi) is 6.33. The van der Waals surface area contributed by atoms with Gasteiger partial charge in [-0.1, -0.05) is 41.9 Å². The Morgan fingerprint density at radius 3 is 2.74 bits per heavy atom. The third kappa shape index (κ3) is 4.62. The molecule has 0 saturated carbocycles. The minimum absolute atomic E-state index is 0.0229. The summed E-state index contributed by atoms with van der Waals surface area (Å²) in [5, 5.41) is 5.94. The summed E-state index contributed by atoms with van der Waals surface area (Å²) < 4.78 is 1.02. The Morgan fingerprint density at radius 2 is 2.13 bits per heavy atom. The Labute approximate surface area is 149 Å². The van der Waals surface area contributed by atoms with Crippen LogP contribution in [-0.2, 0) is 11.2 Å². The highest BCUT2D eigenvalue weighted by Gasteiger charge is 2.26. The van der Waals surface area contributed by atoms with Crippen LogP contribution < -0.4 is 11.1 Å². The molecule has 4 nitrogen and oxygen atoms in total. The molecule has 1 aromatic heterocycles. The molecule has 0 aliphatic heterocycles. The molecular formula is C17H22BrN3OS. The number of nitrogens with zero attached hydrogens (tertiary/aromatic N) is 1. The average Bonchev–Trinajstić information content (AvgIpc) is 3.01. The number of hydrogen-bond donors (Lipinski definition) is 2. The van der Waals surface area contributed by atoms with Gasteiger partial charge in [-0.05, 0) is 25.0 Å². The molecule has 0 atom stereocenters. The van der Waals surface area contributed by atoms with Crippen LogP contribution in [0.1, 0.15) is 32.4 Å². The van der Waals surface area contributed by atoms with Crippen LogP contribution in [0.5, 0.6) is 0 Å². The van der Waals surface area contributed by atoms with Crippen molar-refractivity contribution < 1.29 is 4.79 Å². The van der Waals surface area contributed by atoms with E-state index in [0.717, 1.165) is 33.6 Å². The van der Waals surface area contributed by atoms with Gasteiger partial charge >= 0.3 is 0 Å². The first kappa shape index (κ1) is 18.1. The first-order valence-electron chi connectivity index (χ1n) is 7.73. The molecule has 0 bridgehead atoms. The molecule has 124 valence electrons. The highest BCUT2D eigenvalue weighted by Crippen LogP contribution is 2.26. The van der Waals surface area contributed by atoms with Crippen molar-refractivity contribution in [1.29, 1.82) is 0 Å². The van der Waals surface area contributed by atoms with E-state index in [4.69, 9.17) is 5.73 Å². The molecule has 0 saturated heterocycles. The van der Waals surface area contributed by atoms with Gasteiger partial charge in [0.15, 0.2) is 0 Å². The van der Waals surface area contributed by atoms with Gasteiger partial charge in [-0.2, -0.15) is 0 Å². The third-order valence-corrected chi connectivity index (χ3v) is 5.55. The fraction of sp³-hybridized carbons (Fsp3) is 0.412. The van der Waals surface area contributed by atoms with Gasteiger partial charge in [-0.15, -0.1) is 11.3 Å². The number of benzene rings is 1. The van der Waals surface area contributed by atoms with Gasteiger partial charge in [0, 0.05) is 22.0 Å². The van der Waals surface area contributed by atoms with E-state index in [1.807, 2.05) is 43.5 Å². The molecule has 1 heterocycles. The first-order valence-corrected chi connectivity index (χ1v) is 9.40. The highest BCUT2D eigenvalue weighted by atomic mass is 79.9. The lowest BCUT2D eigenvalue weighted by atomic mass is 9.92. The van der Waals surface area contributed by atoms with Crippen molar-refractivity contribution in [2.45, 2.75) is 38.6 Å². The van der Waals surface area contributed by atoms with E-state index >= 15 is 0 Å². The quantitative estimate of drug-likeness (QED) is 0.749. The number of rotatable bonds is 7. The molecule has 0 fully saturated rings. The fourth-order valence-corrected chi connectivity index (χ4v) is 3.63. The number of aromatic nitrogens is 1. The lowest BCUT2D eigenvalue weighted by Gasteiger charge is -2.31. The number of hydrogen-bond acceptors (Lipinski definition) is 4. The molecule has 1 amide bonds. The fourth-order valence-electron chi connectivity index (χ4n) is 2.41.